The molecule has 31 heavy (non-hydrogen) atoms. The van der Waals surface area contributed by atoms with Crippen molar-refractivity contribution >= 4 is 44.8 Å². The smallest absolute Gasteiger partial charge is 0.242 e. The van der Waals surface area contributed by atoms with Crippen molar-refractivity contribution in [3.05, 3.63) is 88.4 Å². The molecule has 0 aliphatic heterocycles. The van der Waals surface area contributed by atoms with E-state index >= 15 is 0 Å². The van der Waals surface area contributed by atoms with Crippen LogP contribution in [0.3, 0.4) is 0 Å². The Morgan fingerprint density at radius 1 is 1.00 bits per heavy atom. The maximum Gasteiger partial charge on any atom is 0.242 e. The van der Waals surface area contributed by atoms with Gasteiger partial charge in [0.05, 0.1) is 17.0 Å². The summed E-state index contributed by atoms with van der Waals surface area (Å²) < 4.78 is 33.5. The monoisotopic (exact) mass is 478 g/mol. The zero-order valence-electron chi connectivity index (χ0n) is 16.5. The number of amides is 1. The number of benzene rings is 3. The summed E-state index contributed by atoms with van der Waals surface area (Å²) in [6.07, 6.45) is 0.149. The zero-order valence-corrected chi connectivity index (χ0v) is 18.8. The average molecular weight is 479 g/mol. The lowest BCUT2D eigenvalue weighted by molar-refractivity contribution is -0.117. The molecule has 0 spiro atoms. The van der Waals surface area contributed by atoms with Gasteiger partial charge in [-0.3, -0.25) is 4.79 Å². The maximum absolute atomic E-state index is 13.0. The van der Waals surface area contributed by atoms with Crippen molar-refractivity contribution in [1.29, 1.82) is 0 Å². The number of hydrogen-bond acceptors (Lipinski definition) is 4. The highest BCUT2D eigenvalue weighted by Crippen LogP contribution is 2.27. The summed E-state index contributed by atoms with van der Waals surface area (Å²) in [6.45, 7) is 0. The molecule has 3 aromatic rings. The third kappa shape index (κ3) is 6.21. The molecule has 0 saturated heterocycles. The molecule has 9 heteroatoms. The Labute approximate surface area is 191 Å². The molecule has 1 amide bonds. The molecule has 0 radical (unpaired) electrons. The van der Waals surface area contributed by atoms with Crippen LogP contribution in [0.25, 0.3) is 0 Å². The molecular weight excluding hydrogens is 459 g/mol. The Balaban J connectivity index is 1.88. The van der Waals surface area contributed by atoms with Gasteiger partial charge in [0.25, 0.3) is 0 Å². The van der Waals surface area contributed by atoms with Gasteiger partial charge in [-0.1, -0.05) is 59.6 Å². The topological polar surface area (TPSA) is 84.5 Å². The molecule has 0 saturated carbocycles. The lowest BCUT2D eigenvalue weighted by Gasteiger charge is -2.19. The second-order valence-electron chi connectivity index (χ2n) is 6.66. The molecule has 0 aliphatic carbocycles. The van der Waals surface area contributed by atoms with Gasteiger partial charge in [-0.2, -0.15) is 4.72 Å². The van der Waals surface area contributed by atoms with Crippen LogP contribution in [0.1, 0.15) is 5.56 Å². The van der Waals surface area contributed by atoms with E-state index < -0.39 is 22.0 Å². The number of ether oxygens (including phenoxy) is 1. The van der Waals surface area contributed by atoms with Crippen LogP contribution in [0.2, 0.25) is 10.0 Å². The van der Waals surface area contributed by atoms with Crippen molar-refractivity contribution < 1.29 is 17.9 Å². The SMILES string of the molecule is COc1ccc(S(=O)(=O)N[C@@H](Cc2ccccc2)C(=O)Nc2cccc(Cl)c2)cc1Cl. The normalized spacial score (nSPS) is 12.2. The van der Waals surface area contributed by atoms with E-state index in [9.17, 15) is 13.2 Å². The lowest BCUT2D eigenvalue weighted by atomic mass is 10.1. The Hall–Kier alpha value is -2.58. The highest BCUT2D eigenvalue weighted by Gasteiger charge is 2.27. The minimum atomic E-state index is -4.05. The Bertz CT molecular complexity index is 1170. The predicted octanol–water partition coefficient (Wildman–Crippen LogP) is 4.53. The minimum absolute atomic E-state index is 0.0769. The van der Waals surface area contributed by atoms with E-state index in [4.69, 9.17) is 27.9 Å². The van der Waals surface area contributed by atoms with Crippen LogP contribution in [-0.2, 0) is 21.2 Å². The number of nitrogens with one attached hydrogen (secondary N) is 2. The van der Waals surface area contributed by atoms with Gasteiger partial charge in [-0.25, -0.2) is 8.42 Å². The molecule has 0 unspecified atom stereocenters. The van der Waals surface area contributed by atoms with Gasteiger partial charge in [-0.15, -0.1) is 0 Å². The fraction of sp³-hybridized carbons (Fsp3) is 0.136. The van der Waals surface area contributed by atoms with Gasteiger partial charge in [0.15, 0.2) is 0 Å². The first-order valence-electron chi connectivity index (χ1n) is 9.25. The summed E-state index contributed by atoms with van der Waals surface area (Å²) in [4.78, 5) is 12.9. The van der Waals surface area contributed by atoms with Crippen LogP contribution in [-0.4, -0.2) is 27.5 Å². The first-order chi connectivity index (χ1) is 14.8. The van der Waals surface area contributed by atoms with Crippen molar-refractivity contribution in [2.24, 2.45) is 0 Å². The molecule has 0 bridgehead atoms. The number of hydrogen-bond donors (Lipinski definition) is 2. The van der Waals surface area contributed by atoms with Crippen molar-refractivity contribution in [3.8, 4) is 5.75 Å². The van der Waals surface area contributed by atoms with Crippen molar-refractivity contribution in [2.75, 3.05) is 12.4 Å². The van der Waals surface area contributed by atoms with Crippen LogP contribution in [0, 0.1) is 0 Å². The molecule has 0 heterocycles. The zero-order chi connectivity index (χ0) is 22.4. The maximum atomic E-state index is 13.0. The number of rotatable bonds is 8. The van der Waals surface area contributed by atoms with E-state index in [1.807, 2.05) is 30.3 Å². The van der Waals surface area contributed by atoms with Crippen molar-refractivity contribution in [2.45, 2.75) is 17.4 Å². The molecular formula is C22H20Cl2N2O4S. The van der Waals surface area contributed by atoms with Crippen LogP contribution in [0.15, 0.2) is 77.7 Å². The fourth-order valence-electron chi connectivity index (χ4n) is 2.90. The second kappa shape index (κ2) is 10.2. The molecule has 0 aliphatic rings. The predicted molar refractivity (Wildman–Crippen MR) is 122 cm³/mol. The number of halogens is 2. The summed E-state index contributed by atoms with van der Waals surface area (Å²) in [5.41, 5.74) is 1.26. The highest BCUT2D eigenvalue weighted by atomic mass is 35.5. The van der Waals surface area contributed by atoms with Gasteiger partial charge in [0.1, 0.15) is 11.8 Å². The van der Waals surface area contributed by atoms with E-state index in [2.05, 4.69) is 10.0 Å². The van der Waals surface area contributed by atoms with Crippen LogP contribution in [0.5, 0.6) is 5.75 Å². The molecule has 2 N–H and O–H groups in total. The Morgan fingerprint density at radius 3 is 2.39 bits per heavy atom. The van der Waals surface area contributed by atoms with Crippen molar-refractivity contribution in [3.63, 3.8) is 0 Å². The van der Waals surface area contributed by atoms with E-state index in [0.29, 0.717) is 16.5 Å². The summed E-state index contributed by atoms with van der Waals surface area (Å²) in [6, 6.07) is 18.7. The summed E-state index contributed by atoms with van der Waals surface area (Å²) in [5, 5.41) is 3.31. The van der Waals surface area contributed by atoms with Gasteiger partial charge in [0, 0.05) is 10.7 Å². The third-order valence-corrected chi connectivity index (χ3v) is 6.42. The molecule has 0 aromatic heterocycles. The van der Waals surface area contributed by atoms with Crippen LogP contribution < -0.4 is 14.8 Å². The van der Waals surface area contributed by atoms with Crippen LogP contribution >= 0.6 is 23.2 Å². The Morgan fingerprint density at radius 2 is 1.74 bits per heavy atom. The highest BCUT2D eigenvalue weighted by molar-refractivity contribution is 7.89. The number of anilines is 1. The van der Waals surface area contributed by atoms with E-state index in [0.717, 1.165) is 5.56 Å². The second-order valence-corrected chi connectivity index (χ2v) is 9.22. The summed E-state index contributed by atoms with van der Waals surface area (Å²) in [7, 11) is -2.62. The number of sulfonamides is 1. The first kappa shape index (κ1) is 23.1. The largest absolute Gasteiger partial charge is 0.495 e. The van der Waals surface area contributed by atoms with E-state index in [1.165, 1.54) is 25.3 Å². The molecule has 162 valence electrons. The molecule has 6 nitrogen and oxygen atoms in total. The van der Waals surface area contributed by atoms with Crippen molar-refractivity contribution in [1.82, 2.24) is 4.72 Å². The first-order valence-corrected chi connectivity index (χ1v) is 11.5. The summed E-state index contributed by atoms with van der Waals surface area (Å²) in [5.74, 6) is -0.172. The number of carbonyl (C=O) groups excluding carboxylic acids is 1. The minimum Gasteiger partial charge on any atom is -0.495 e. The van der Waals surface area contributed by atoms with Gasteiger partial charge >= 0.3 is 0 Å². The van der Waals surface area contributed by atoms with Crippen LogP contribution in [0.4, 0.5) is 5.69 Å². The van der Waals surface area contributed by atoms with Gasteiger partial charge < -0.3 is 10.1 Å². The molecule has 0 fully saturated rings. The third-order valence-electron chi connectivity index (χ3n) is 4.42. The molecule has 3 aromatic carbocycles. The standard InChI is InChI=1S/C22H20Cl2N2O4S/c1-30-21-11-10-18(14-19(21)24)31(28,29)26-20(12-15-6-3-2-4-7-15)22(27)25-17-9-5-8-16(23)13-17/h2-11,13-14,20,26H,12H2,1H3,(H,25,27)/t20-/m0/s1. The quantitative estimate of drug-likeness (QED) is 0.497. The lowest BCUT2D eigenvalue weighted by Crippen LogP contribution is -2.45. The summed E-state index contributed by atoms with van der Waals surface area (Å²) >= 11 is 12.1. The molecule has 1 atom stereocenters. The number of methoxy groups -OCH3 is 1. The number of carbonyl (C=O) groups is 1. The van der Waals surface area contributed by atoms with E-state index in [-0.39, 0.29) is 16.3 Å². The molecule has 3 rings (SSSR count). The van der Waals surface area contributed by atoms with Gasteiger partial charge in [0.2, 0.25) is 15.9 Å². The van der Waals surface area contributed by atoms with E-state index in [1.54, 1.807) is 24.3 Å². The fourth-order valence-corrected chi connectivity index (χ4v) is 4.64. The van der Waals surface area contributed by atoms with Gasteiger partial charge in [-0.05, 0) is 48.4 Å². The average Bonchev–Trinajstić information content (AvgIpc) is 2.74. The Kier molecular flexibility index (Phi) is 7.56.